The first-order chi connectivity index (χ1) is 7.81. The Hall–Kier alpha value is -1.51. The van der Waals surface area contributed by atoms with Crippen molar-refractivity contribution in [1.82, 2.24) is 4.98 Å². The minimum atomic E-state index is -0.273. The highest BCUT2D eigenvalue weighted by Crippen LogP contribution is 2.27. The van der Waals surface area contributed by atoms with Crippen molar-refractivity contribution in [2.24, 2.45) is 0 Å². The van der Waals surface area contributed by atoms with E-state index in [9.17, 15) is 4.79 Å². The molecule has 0 atom stereocenters. The highest BCUT2D eigenvalue weighted by molar-refractivity contribution is 5.88. The number of allylic oxidation sites excluding steroid dienone is 2. The lowest BCUT2D eigenvalue weighted by atomic mass is 9.95. The van der Waals surface area contributed by atoms with Crippen molar-refractivity contribution in [3.8, 4) is 0 Å². The molecule has 1 N–H and O–H groups in total. The lowest BCUT2D eigenvalue weighted by molar-refractivity contribution is 0.0520. The highest BCUT2D eigenvalue weighted by atomic mass is 16.5. The fraction of sp³-hybridized carbons (Fsp3) is 0.462. The van der Waals surface area contributed by atoms with Crippen LogP contribution in [0.3, 0.4) is 0 Å². The van der Waals surface area contributed by atoms with Crippen molar-refractivity contribution in [2.75, 3.05) is 6.61 Å². The fourth-order valence-corrected chi connectivity index (χ4v) is 2.01. The summed E-state index contributed by atoms with van der Waals surface area (Å²) in [5.74, 6) is -0.273. The van der Waals surface area contributed by atoms with Crippen molar-refractivity contribution >= 4 is 11.5 Å². The van der Waals surface area contributed by atoms with Crippen molar-refractivity contribution in [3.63, 3.8) is 0 Å². The molecule has 0 unspecified atom stereocenters. The van der Waals surface area contributed by atoms with E-state index < -0.39 is 0 Å². The second kappa shape index (κ2) is 5.01. The van der Waals surface area contributed by atoms with E-state index in [1.807, 2.05) is 19.2 Å². The van der Waals surface area contributed by atoms with E-state index in [-0.39, 0.29) is 5.97 Å². The van der Waals surface area contributed by atoms with Crippen LogP contribution in [0.15, 0.2) is 18.3 Å². The maximum atomic E-state index is 11.5. The first kappa shape index (κ1) is 11.0. The molecule has 0 spiro atoms. The molecule has 0 aromatic carbocycles. The van der Waals surface area contributed by atoms with Gasteiger partial charge in [0, 0.05) is 6.20 Å². The zero-order valence-electron chi connectivity index (χ0n) is 9.58. The summed E-state index contributed by atoms with van der Waals surface area (Å²) < 4.78 is 4.94. The van der Waals surface area contributed by atoms with Crippen LogP contribution in [0, 0.1) is 0 Å². The molecule has 0 saturated heterocycles. The van der Waals surface area contributed by atoms with E-state index in [0.29, 0.717) is 12.3 Å². The summed E-state index contributed by atoms with van der Waals surface area (Å²) in [5, 5.41) is 0. The van der Waals surface area contributed by atoms with Crippen molar-refractivity contribution in [2.45, 2.75) is 32.6 Å². The molecular weight excluding hydrogens is 202 g/mol. The van der Waals surface area contributed by atoms with Crippen LogP contribution in [0.5, 0.6) is 0 Å². The van der Waals surface area contributed by atoms with Crippen LogP contribution in [0.2, 0.25) is 0 Å². The minimum Gasteiger partial charge on any atom is -0.461 e. The molecule has 86 valence electrons. The predicted molar refractivity (Wildman–Crippen MR) is 63.2 cm³/mol. The van der Waals surface area contributed by atoms with Crippen molar-refractivity contribution in [3.05, 3.63) is 29.6 Å². The van der Waals surface area contributed by atoms with Gasteiger partial charge in [-0.05, 0) is 49.8 Å². The smallest absolute Gasteiger partial charge is 0.354 e. The van der Waals surface area contributed by atoms with Crippen LogP contribution < -0.4 is 0 Å². The van der Waals surface area contributed by atoms with Gasteiger partial charge in [0.1, 0.15) is 5.69 Å². The summed E-state index contributed by atoms with van der Waals surface area (Å²) in [4.78, 5) is 14.4. The van der Waals surface area contributed by atoms with Gasteiger partial charge in [0.2, 0.25) is 0 Å². The zero-order valence-corrected chi connectivity index (χ0v) is 9.58. The average molecular weight is 219 g/mol. The summed E-state index contributed by atoms with van der Waals surface area (Å²) in [7, 11) is 0. The Labute approximate surface area is 95.5 Å². The van der Waals surface area contributed by atoms with Crippen LogP contribution in [0.1, 0.15) is 48.7 Å². The van der Waals surface area contributed by atoms with E-state index in [0.717, 1.165) is 18.4 Å². The molecule has 0 saturated carbocycles. The molecule has 0 aliphatic heterocycles. The molecule has 1 heterocycles. The number of carbonyl (C=O) groups is 1. The summed E-state index contributed by atoms with van der Waals surface area (Å²) >= 11 is 0. The Morgan fingerprint density at radius 3 is 3.06 bits per heavy atom. The standard InChI is InChI=1S/C13H17NO2/c1-2-16-13(15)12-8-11(9-14-12)10-6-4-3-5-7-10/h6,8-9,14H,2-5,7H2,1H3. The zero-order chi connectivity index (χ0) is 11.4. The summed E-state index contributed by atoms with van der Waals surface area (Å²) in [6.45, 7) is 2.22. The molecule has 1 aliphatic rings. The Balaban J connectivity index is 2.12. The van der Waals surface area contributed by atoms with Gasteiger partial charge in [0.25, 0.3) is 0 Å². The Morgan fingerprint density at radius 1 is 1.50 bits per heavy atom. The normalized spacial score (nSPS) is 15.7. The third-order valence-electron chi connectivity index (χ3n) is 2.84. The monoisotopic (exact) mass is 219 g/mol. The van der Waals surface area contributed by atoms with E-state index in [1.165, 1.54) is 18.4 Å². The maximum Gasteiger partial charge on any atom is 0.354 e. The molecule has 1 aromatic rings. The summed E-state index contributed by atoms with van der Waals surface area (Å²) in [6, 6.07) is 1.88. The number of ether oxygens (including phenoxy) is 1. The Kier molecular flexibility index (Phi) is 3.44. The molecule has 3 nitrogen and oxygen atoms in total. The van der Waals surface area contributed by atoms with Gasteiger partial charge in [-0.3, -0.25) is 0 Å². The minimum absolute atomic E-state index is 0.273. The van der Waals surface area contributed by atoms with Gasteiger partial charge in [-0.1, -0.05) is 6.08 Å². The molecule has 0 radical (unpaired) electrons. The molecule has 0 fully saturated rings. The molecule has 2 rings (SSSR count). The van der Waals surface area contributed by atoms with Crippen LogP contribution in [-0.4, -0.2) is 17.6 Å². The van der Waals surface area contributed by atoms with E-state index in [4.69, 9.17) is 4.74 Å². The van der Waals surface area contributed by atoms with Gasteiger partial charge in [-0.2, -0.15) is 0 Å². The Bertz CT molecular complexity index is 404. The maximum absolute atomic E-state index is 11.5. The van der Waals surface area contributed by atoms with E-state index in [1.54, 1.807) is 0 Å². The third-order valence-corrected chi connectivity index (χ3v) is 2.84. The van der Waals surface area contributed by atoms with Gasteiger partial charge in [-0.15, -0.1) is 0 Å². The summed E-state index contributed by atoms with van der Waals surface area (Å²) in [6.07, 6.45) is 8.94. The third kappa shape index (κ3) is 2.35. The quantitative estimate of drug-likeness (QED) is 0.793. The number of hydrogen-bond donors (Lipinski definition) is 1. The summed E-state index contributed by atoms with van der Waals surface area (Å²) in [5.41, 5.74) is 3.02. The van der Waals surface area contributed by atoms with Gasteiger partial charge in [-0.25, -0.2) is 4.79 Å². The van der Waals surface area contributed by atoms with Crippen LogP contribution in [0.4, 0.5) is 0 Å². The number of esters is 1. The number of nitrogens with one attached hydrogen (secondary N) is 1. The van der Waals surface area contributed by atoms with Crippen molar-refractivity contribution in [1.29, 1.82) is 0 Å². The highest BCUT2D eigenvalue weighted by Gasteiger charge is 2.12. The first-order valence-corrected chi connectivity index (χ1v) is 5.86. The predicted octanol–water partition coefficient (Wildman–Crippen LogP) is 3.15. The van der Waals surface area contributed by atoms with Crippen molar-refractivity contribution < 1.29 is 9.53 Å². The number of aromatic amines is 1. The van der Waals surface area contributed by atoms with Crippen LogP contribution >= 0.6 is 0 Å². The number of rotatable bonds is 3. The molecule has 0 bridgehead atoms. The lowest BCUT2D eigenvalue weighted by Gasteiger charge is -2.10. The molecular formula is C13H17NO2. The number of H-pyrrole nitrogens is 1. The number of carbonyl (C=O) groups excluding carboxylic acids is 1. The number of aromatic nitrogens is 1. The number of hydrogen-bond acceptors (Lipinski definition) is 2. The largest absolute Gasteiger partial charge is 0.461 e. The van der Waals surface area contributed by atoms with Crippen LogP contribution in [-0.2, 0) is 4.74 Å². The lowest BCUT2D eigenvalue weighted by Crippen LogP contribution is -2.04. The van der Waals surface area contributed by atoms with Gasteiger partial charge in [0.15, 0.2) is 0 Å². The second-order valence-electron chi connectivity index (χ2n) is 4.00. The van der Waals surface area contributed by atoms with Gasteiger partial charge < -0.3 is 9.72 Å². The molecule has 1 aromatic heterocycles. The molecule has 3 heteroatoms. The van der Waals surface area contributed by atoms with Gasteiger partial charge in [0.05, 0.1) is 6.61 Å². The Morgan fingerprint density at radius 2 is 2.38 bits per heavy atom. The van der Waals surface area contributed by atoms with E-state index >= 15 is 0 Å². The molecule has 16 heavy (non-hydrogen) atoms. The van der Waals surface area contributed by atoms with E-state index in [2.05, 4.69) is 11.1 Å². The van der Waals surface area contributed by atoms with Gasteiger partial charge >= 0.3 is 5.97 Å². The SMILES string of the molecule is CCOC(=O)c1cc(C2=CCCCC2)c[nH]1. The molecule has 0 amide bonds. The fourth-order valence-electron chi connectivity index (χ4n) is 2.01. The average Bonchev–Trinajstić information content (AvgIpc) is 2.80. The topological polar surface area (TPSA) is 42.1 Å². The second-order valence-corrected chi connectivity index (χ2v) is 4.00. The van der Waals surface area contributed by atoms with Crippen LogP contribution in [0.25, 0.3) is 5.57 Å². The first-order valence-electron chi connectivity index (χ1n) is 5.86. The molecule has 1 aliphatic carbocycles.